The highest BCUT2D eigenvalue weighted by molar-refractivity contribution is 5.93. The van der Waals surface area contributed by atoms with Gasteiger partial charge in [0, 0.05) is 37.5 Å². The second-order valence-electron chi connectivity index (χ2n) is 3.91. The van der Waals surface area contributed by atoms with Gasteiger partial charge in [-0.2, -0.15) is 0 Å². The Morgan fingerprint density at radius 3 is 3.06 bits per heavy atom. The van der Waals surface area contributed by atoms with E-state index in [4.69, 9.17) is 10.5 Å². The van der Waals surface area contributed by atoms with E-state index >= 15 is 0 Å². The molecular formula is C13H17N3O. The van der Waals surface area contributed by atoms with Crippen molar-refractivity contribution in [3.05, 3.63) is 30.5 Å². The molecule has 0 amide bonds. The van der Waals surface area contributed by atoms with Crippen LogP contribution in [0.25, 0.3) is 10.8 Å². The smallest absolute Gasteiger partial charge is 0.133 e. The Morgan fingerprint density at radius 2 is 2.24 bits per heavy atom. The number of hydrogen-bond acceptors (Lipinski definition) is 4. The van der Waals surface area contributed by atoms with Crippen LogP contribution in [0.3, 0.4) is 0 Å². The fourth-order valence-electron chi connectivity index (χ4n) is 1.75. The van der Waals surface area contributed by atoms with Gasteiger partial charge in [0.1, 0.15) is 5.82 Å². The largest absolute Gasteiger partial charge is 0.399 e. The van der Waals surface area contributed by atoms with Crippen molar-refractivity contribution in [1.29, 1.82) is 0 Å². The zero-order valence-corrected chi connectivity index (χ0v) is 9.94. The van der Waals surface area contributed by atoms with Gasteiger partial charge in [0.15, 0.2) is 0 Å². The maximum Gasteiger partial charge on any atom is 0.133 e. The zero-order chi connectivity index (χ0) is 12.1. The number of nitrogens with zero attached hydrogens (tertiary/aromatic N) is 1. The monoisotopic (exact) mass is 231 g/mol. The molecule has 0 aliphatic heterocycles. The Labute approximate surface area is 101 Å². The van der Waals surface area contributed by atoms with E-state index in [1.54, 1.807) is 13.3 Å². The summed E-state index contributed by atoms with van der Waals surface area (Å²) in [5, 5.41) is 5.51. The van der Waals surface area contributed by atoms with Gasteiger partial charge in [0.05, 0.1) is 0 Å². The molecule has 0 spiro atoms. The number of nitrogens with two attached hydrogens (primary N) is 1. The quantitative estimate of drug-likeness (QED) is 0.612. The standard InChI is InChI=1S/C13H17N3O/c1-17-8-2-6-15-13-12-9-11(14)4-3-10(12)5-7-16-13/h3-5,7,9H,2,6,8,14H2,1H3,(H,15,16). The molecule has 0 bridgehead atoms. The molecule has 90 valence electrons. The molecule has 0 aliphatic rings. The highest BCUT2D eigenvalue weighted by atomic mass is 16.5. The lowest BCUT2D eigenvalue weighted by molar-refractivity contribution is 0.198. The van der Waals surface area contributed by atoms with Crippen LogP contribution in [0.15, 0.2) is 30.5 Å². The maximum atomic E-state index is 5.79. The van der Waals surface area contributed by atoms with Gasteiger partial charge in [-0.25, -0.2) is 4.98 Å². The van der Waals surface area contributed by atoms with Crippen molar-refractivity contribution < 1.29 is 4.74 Å². The molecule has 17 heavy (non-hydrogen) atoms. The molecule has 0 saturated carbocycles. The first-order valence-electron chi connectivity index (χ1n) is 5.68. The Kier molecular flexibility index (Phi) is 3.77. The molecule has 1 aromatic heterocycles. The average Bonchev–Trinajstić information content (AvgIpc) is 2.35. The van der Waals surface area contributed by atoms with E-state index in [9.17, 15) is 0 Å². The molecule has 0 fully saturated rings. The van der Waals surface area contributed by atoms with Crippen molar-refractivity contribution in [2.24, 2.45) is 0 Å². The third kappa shape index (κ3) is 2.85. The lowest BCUT2D eigenvalue weighted by Gasteiger charge is -2.08. The predicted octanol–water partition coefficient (Wildman–Crippen LogP) is 2.27. The Balaban J connectivity index is 2.18. The second-order valence-corrected chi connectivity index (χ2v) is 3.91. The first-order valence-corrected chi connectivity index (χ1v) is 5.68. The molecular weight excluding hydrogens is 214 g/mol. The maximum absolute atomic E-state index is 5.79. The number of ether oxygens (including phenoxy) is 1. The minimum atomic E-state index is 0.750. The Morgan fingerprint density at radius 1 is 1.35 bits per heavy atom. The molecule has 0 atom stereocenters. The third-order valence-corrected chi connectivity index (χ3v) is 2.61. The number of nitrogen functional groups attached to an aromatic ring is 1. The summed E-state index contributed by atoms with van der Waals surface area (Å²) in [5.41, 5.74) is 6.55. The van der Waals surface area contributed by atoms with E-state index < -0.39 is 0 Å². The molecule has 4 heteroatoms. The van der Waals surface area contributed by atoms with Crippen molar-refractivity contribution in [1.82, 2.24) is 4.98 Å². The van der Waals surface area contributed by atoms with E-state index in [0.717, 1.165) is 41.9 Å². The van der Waals surface area contributed by atoms with Gasteiger partial charge >= 0.3 is 0 Å². The number of anilines is 2. The van der Waals surface area contributed by atoms with Crippen LogP contribution < -0.4 is 11.1 Å². The highest BCUT2D eigenvalue weighted by Crippen LogP contribution is 2.23. The number of pyridine rings is 1. The summed E-state index contributed by atoms with van der Waals surface area (Å²) in [4.78, 5) is 4.34. The number of fused-ring (bicyclic) bond motifs is 1. The fraction of sp³-hybridized carbons (Fsp3) is 0.308. The summed E-state index contributed by atoms with van der Waals surface area (Å²) in [5.74, 6) is 0.880. The summed E-state index contributed by atoms with van der Waals surface area (Å²) < 4.78 is 5.01. The lowest BCUT2D eigenvalue weighted by atomic mass is 10.1. The molecule has 0 unspecified atom stereocenters. The van der Waals surface area contributed by atoms with E-state index in [1.165, 1.54) is 0 Å². The molecule has 0 saturated heterocycles. The SMILES string of the molecule is COCCCNc1nccc2ccc(N)cc12. The molecule has 1 heterocycles. The van der Waals surface area contributed by atoms with Gasteiger partial charge in [0.25, 0.3) is 0 Å². The predicted molar refractivity (Wildman–Crippen MR) is 71.1 cm³/mol. The summed E-state index contributed by atoms with van der Waals surface area (Å²) in [6, 6.07) is 7.83. The van der Waals surface area contributed by atoms with Crippen molar-refractivity contribution in [3.8, 4) is 0 Å². The molecule has 3 N–H and O–H groups in total. The number of aromatic nitrogens is 1. The number of benzene rings is 1. The summed E-state index contributed by atoms with van der Waals surface area (Å²) in [7, 11) is 1.71. The molecule has 2 rings (SSSR count). The van der Waals surface area contributed by atoms with Crippen LogP contribution in [0.2, 0.25) is 0 Å². The fourth-order valence-corrected chi connectivity index (χ4v) is 1.75. The van der Waals surface area contributed by atoms with Crippen LogP contribution in [-0.2, 0) is 4.74 Å². The van der Waals surface area contributed by atoms with Crippen molar-refractivity contribution >= 4 is 22.3 Å². The molecule has 0 radical (unpaired) electrons. The number of hydrogen-bond donors (Lipinski definition) is 2. The minimum Gasteiger partial charge on any atom is -0.399 e. The van der Waals surface area contributed by atoms with Gasteiger partial charge in [-0.1, -0.05) is 6.07 Å². The highest BCUT2D eigenvalue weighted by Gasteiger charge is 2.01. The number of methoxy groups -OCH3 is 1. The van der Waals surface area contributed by atoms with Crippen molar-refractivity contribution in [3.63, 3.8) is 0 Å². The summed E-state index contributed by atoms with van der Waals surface area (Å²) >= 11 is 0. The van der Waals surface area contributed by atoms with E-state index in [-0.39, 0.29) is 0 Å². The van der Waals surface area contributed by atoms with E-state index in [1.807, 2.05) is 24.3 Å². The first-order chi connectivity index (χ1) is 8.31. The average molecular weight is 231 g/mol. The van der Waals surface area contributed by atoms with Gasteiger partial charge in [0.2, 0.25) is 0 Å². The second kappa shape index (κ2) is 5.50. The normalized spacial score (nSPS) is 10.6. The number of rotatable bonds is 5. The topological polar surface area (TPSA) is 60.2 Å². The summed E-state index contributed by atoms with van der Waals surface area (Å²) in [6.07, 6.45) is 2.76. The molecule has 4 nitrogen and oxygen atoms in total. The van der Waals surface area contributed by atoms with Crippen molar-refractivity contribution in [2.75, 3.05) is 31.3 Å². The van der Waals surface area contributed by atoms with Crippen LogP contribution in [0.5, 0.6) is 0 Å². The molecule has 1 aromatic carbocycles. The first kappa shape index (κ1) is 11.7. The van der Waals surface area contributed by atoms with Crippen LogP contribution in [0, 0.1) is 0 Å². The Bertz CT molecular complexity index is 499. The third-order valence-electron chi connectivity index (χ3n) is 2.61. The minimum absolute atomic E-state index is 0.750. The van der Waals surface area contributed by atoms with Gasteiger partial charge < -0.3 is 15.8 Å². The van der Waals surface area contributed by atoms with Crippen molar-refractivity contribution in [2.45, 2.75) is 6.42 Å². The molecule has 2 aromatic rings. The van der Waals surface area contributed by atoms with Crippen LogP contribution in [-0.4, -0.2) is 25.2 Å². The lowest BCUT2D eigenvalue weighted by Crippen LogP contribution is -2.06. The van der Waals surface area contributed by atoms with E-state index in [2.05, 4.69) is 10.3 Å². The number of nitrogens with one attached hydrogen (secondary N) is 1. The van der Waals surface area contributed by atoms with E-state index in [0.29, 0.717) is 0 Å². The molecule has 0 aliphatic carbocycles. The Hall–Kier alpha value is -1.81. The van der Waals surface area contributed by atoms with Gasteiger partial charge in [-0.15, -0.1) is 0 Å². The zero-order valence-electron chi connectivity index (χ0n) is 9.94. The van der Waals surface area contributed by atoms with Crippen LogP contribution in [0.1, 0.15) is 6.42 Å². The summed E-state index contributed by atoms with van der Waals surface area (Å²) in [6.45, 7) is 1.59. The van der Waals surface area contributed by atoms with Crippen LogP contribution in [0.4, 0.5) is 11.5 Å². The van der Waals surface area contributed by atoms with Crippen LogP contribution >= 0.6 is 0 Å². The van der Waals surface area contributed by atoms with Gasteiger partial charge in [-0.05, 0) is 30.0 Å². The van der Waals surface area contributed by atoms with Gasteiger partial charge in [-0.3, -0.25) is 0 Å².